The Hall–Kier alpha value is -3.04. The zero-order valence-corrected chi connectivity index (χ0v) is 14.7. The topological polar surface area (TPSA) is 107 Å². The van der Waals surface area contributed by atoms with Gasteiger partial charge in [-0.15, -0.1) is 5.10 Å². The van der Waals surface area contributed by atoms with Crippen LogP contribution in [0.15, 0.2) is 65.8 Å². The minimum atomic E-state index is -4.04. The van der Waals surface area contributed by atoms with Gasteiger partial charge >= 0.3 is 0 Å². The van der Waals surface area contributed by atoms with Crippen LogP contribution >= 0.6 is 11.6 Å². The number of sulfonamides is 1. The highest BCUT2D eigenvalue weighted by Crippen LogP contribution is 2.14. The molecule has 0 spiro atoms. The van der Waals surface area contributed by atoms with Crippen molar-refractivity contribution in [3.8, 4) is 5.69 Å². The smallest absolute Gasteiger partial charge is 0.264 e. The Bertz CT molecular complexity index is 1050. The summed E-state index contributed by atoms with van der Waals surface area (Å²) in [6.07, 6.45) is 3.95. The number of rotatable bonds is 5. The van der Waals surface area contributed by atoms with Crippen LogP contribution in [-0.4, -0.2) is 34.5 Å². The van der Waals surface area contributed by atoms with Crippen molar-refractivity contribution in [3.63, 3.8) is 0 Å². The van der Waals surface area contributed by atoms with Gasteiger partial charge in [-0.05, 0) is 52.4 Å². The van der Waals surface area contributed by atoms with E-state index in [9.17, 15) is 13.2 Å². The zero-order valence-electron chi connectivity index (χ0n) is 13.2. The maximum absolute atomic E-state index is 12.4. The van der Waals surface area contributed by atoms with Gasteiger partial charge in [0, 0.05) is 11.1 Å². The lowest BCUT2D eigenvalue weighted by atomic mass is 10.2. The predicted octanol–water partition coefficient (Wildman–Crippen LogP) is 1.83. The van der Waals surface area contributed by atoms with Crippen molar-refractivity contribution in [3.05, 3.63) is 71.5 Å². The van der Waals surface area contributed by atoms with E-state index in [-0.39, 0.29) is 4.90 Å². The predicted molar refractivity (Wildman–Crippen MR) is 95.0 cm³/mol. The summed E-state index contributed by atoms with van der Waals surface area (Å²) in [6, 6.07) is 12.6. The van der Waals surface area contributed by atoms with E-state index >= 15 is 0 Å². The molecule has 1 heterocycles. The summed E-state index contributed by atoms with van der Waals surface area (Å²) in [4.78, 5) is 11.9. The van der Waals surface area contributed by atoms with Crippen molar-refractivity contribution in [1.82, 2.24) is 24.9 Å². The van der Waals surface area contributed by atoms with Gasteiger partial charge < -0.3 is 0 Å². The van der Waals surface area contributed by atoms with Gasteiger partial charge in [-0.1, -0.05) is 29.8 Å². The van der Waals surface area contributed by atoms with E-state index in [1.54, 1.807) is 30.3 Å². The normalized spacial score (nSPS) is 11.6. The molecule has 26 heavy (non-hydrogen) atoms. The number of nitrogens with zero attached hydrogens (tertiary/aromatic N) is 4. The zero-order chi connectivity index (χ0) is 18.6. The maximum atomic E-state index is 12.4. The fourth-order valence-electron chi connectivity index (χ4n) is 2.04. The molecule has 0 saturated carbocycles. The first-order valence-corrected chi connectivity index (χ1v) is 9.14. The number of hydrogen-bond donors (Lipinski definition) is 1. The third-order valence-electron chi connectivity index (χ3n) is 3.27. The van der Waals surface area contributed by atoms with Crippen LogP contribution in [0.5, 0.6) is 0 Å². The Kier molecular flexibility index (Phi) is 5.10. The Morgan fingerprint density at radius 3 is 2.62 bits per heavy atom. The Balaban J connectivity index is 1.75. The Labute approximate surface area is 154 Å². The summed E-state index contributed by atoms with van der Waals surface area (Å²) in [7, 11) is -4.04. The molecule has 10 heteroatoms. The monoisotopic (exact) mass is 389 g/mol. The molecule has 3 rings (SSSR count). The average molecular weight is 390 g/mol. The fraction of sp³-hybridized carbons (Fsp3) is 0. The SMILES string of the molecule is O=C(/C=C/c1ccc(Cl)cc1)NS(=O)(=O)c1cccc(-n2cnnn2)c1. The van der Waals surface area contributed by atoms with Crippen LogP contribution in [0.3, 0.4) is 0 Å². The number of nitrogens with one attached hydrogen (secondary N) is 1. The second-order valence-electron chi connectivity index (χ2n) is 5.11. The lowest BCUT2D eigenvalue weighted by Crippen LogP contribution is -2.29. The van der Waals surface area contributed by atoms with Crippen LogP contribution in [0, 0.1) is 0 Å². The summed E-state index contributed by atoms with van der Waals surface area (Å²) in [6.45, 7) is 0. The number of halogens is 1. The van der Waals surface area contributed by atoms with Gasteiger partial charge in [0.25, 0.3) is 15.9 Å². The average Bonchev–Trinajstić information content (AvgIpc) is 3.16. The molecule has 2 aromatic carbocycles. The van der Waals surface area contributed by atoms with Crippen LogP contribution in [-0.2, 0) is 14.8 Å². The Morgan fingerprint density at radius 1 is 1.15 bits per heavy atom. The summed E-state index contributed by atoms with van der Waals surface area (Å²) >= 11 is 5.78. The molecule has 8 nitrogen and oxygen atoms in total. The molecule has 0 atom stereocenters. The molecule has 0 fully saturated rings. The third kappa shape index (κ3) is 4.32. The molecule has 1 aromatic heterocycles. The van der Waals surface area contributed by atoms with Crippen LogP contribution in [0.4, 0.5) is 0 Å². The summed E-state index contributed by atoms with van der Waals surface area (Å²) in [5.41, 5.74) is 1.16. The number of amides is 1. The van der Waals surface area contributed by atoms with E-state index in [4.69, 9.17) is 11.6 Å². The molecule has 3 aromatic rings. The molecule has 0 radical (unpaired) electrons. The summed E-state index contributed by atoms with van der Waals surface area (Å²) in [5, 5.41) is 11.2. The van der Waals surface area contributed by atoms with Crippen molar-refractivity contribution >= 4 is 33.6 Å². The molecular formula is C16H12ClN5O3S. The standard InChI is InChI=1S/C16H12ClN5O3S/c17-13-7-4-12(5-8-13)6-9-16(23)19-26(24,25)15-3-1-2-14(10-15)22-11-18-20-21-22/h1-11H,(H,19,23)/b9-6+. The van der Waals surface area contributed by atoms with Gasteiger partial charge in [-0.25, -0.2) is 17.8 Å². The van der Waals surface area contributed by atoms with Crippen molar-refractivity contribution in [2.45, 2.75) is 4.90 Å². The molecule has 0 bridgehead atoms. The van der Waals surface area contributed by atoms with Crippen LogP contribution < -0.4 is 4.72 Å². The van der Waals surface area contributed by atoms with Gasteiger partial charge in [0.2, 0.25) is 0 Å². The highest BCUT2D eigenvalue weighted by Gasteiger charge is 2.17. The molecule has 1 amide bonds. The summed E-state index contributed by atoms with van der Waals surface area (Å²) < 4.78 is 28.0. The van der Waals surface area contributed by atoms with Gasteiger partial charge in [-0.3, -0.25) is 4.79 Å². The Morgan fingerprint density at radius 2 is 1.92 bits per heavy atom. The van der Waals surface area contributed by atoms with Gasteiger partial charge in [0.05, 0.1) is 10.6 Å². The van der Waals surface area contributed by atoms with Crippen molar-refractivity contribution in [2.24, 2.45) is 0 Å². The first-order chi connectivity index (χ1) is 12.4. The minimum Gasteiger partial charge on any atom is -0.269 e. The van der Waals surface area contributed by atoms with Crippen LogP contribution in [0.2, 0.25) is 5.02 Å². The fourth-order valence-corrected chi connectivity index (χ4v) is 3.15. The molecule has 0 saturated heterocycles. The first-order valence-electron chi connectivity index (χ1n) is 7.28. The van der Waals surface area contributed by atoms with Gasteiger partial charge in [0.15, 0.2) is 0 Å². The highest BCUT2D eigenvalue weighted by atomic mass is 35.5. The molecular weight excluding hydrogens is 378 g/mol. The summed E-state index contributed by atoms with van der Waals surface area (Å²) in [5.74, 6) is -0.771. The van der Waals surface area contributed by atoms with E-state index < -0.39 is 15.9 Å². The second kappa shape index (κ2) is 7.46. The number of aromatic nitrogens is 4. The lowest BCUT2D eigenvalue weighted by molar-refractivity contribution is -0.114. The molecule has 0 unspecified atom stereocenters. The number of benzene rings is 2. The number of hydrogen-bond acceptors (Lipinski definition) is 6. The lowest BCUT2D eigenvalue weighted by Gasteiger charge is -2.06. The van der Waals surface area contributed by atoms with Gasteiger partial charge in [-0.2, -0.15) is 0 Å². The minimum absolute atomic E-state index is 0.0845. The van der Waals surface area contributed by atoms with Crippen molar-refractivity contribution < 1.29 is 13.2 Å². The molecule has 0 aliphatic carbocycles. The molecule has 0 aliphatic heterocycles. The largest absolute Gasteiger partial charge is 0.269 e. The maximum Gasteiger partial charge on any atom is 0.264 e. The number of carbonyl (C=O) groups is 1. The van der Waals surface area contributed by atoms with E-state index in [1.807, 2.05) is 4.72 Å². The number of carbonyl (C=O) groups excluding carboxylic acids is 1. The van der Waals surface area contributed by atoms with E-state index in [1.165, 1.54) is 35.3 Å². The van der Waals surface area contributed by atoms with Crippen LogP contribution in [0.25, 0.3) is 11.8 Å². The second-order valence-corrected chi connectivity index (χ2v) is 7.23. The third-order valence-corrected chi connectivity index (χ3v) is 4.87. The quantitative estimate of drug-likeness (QED) is 0.667. The van der Waals surface area contributed by atoms with E-state index in [2.05, 4.69) is 15.5 Å². The molecule has 1 N–H and O–H groups in total. The van der Waals surface area contributed by atoms with E-state index in [0.717, 1.165) is 6.08 Å². The molecule has 0 aliphatic rings. The van der Waals surface area contributed by atoms with E-state index in [0.29, 0.717) is 16.3 Å². The molecule has 132 valence electrons. The van der Waals surface area contributed by atoms with Crippen molar-refractivity contribution in [2.75, 3.05) is 0 Å². The van der Waals surface area contributed by atoms with Gasteiger partial charge in [0.1, 0.15) is 6.33 Å². The number of tetrazole rings is 1. The van der Waals surface area contributed by atoms with Crippen molar-refractivity contribution in [1.29, 1.82) is 0 Å². The highest BCUT2D eigenvalue weighted by molar-refractivity contribution is 7.90. The first kappa shape index (κ1) is 17.8. The van der Waals surface area contributed by atoms with Crippen LogP contribution in [0.1, 0.15) is 5.56 Å².